The van der Waals surface area contributed by atoms with Crippen molar-refractivity contribution < 1.29 is 0 Å². The fourth-order valence-corrected chi connectivity index (χ4v) is 3.11. The zero-order chi connectivity index (χ0) is 13.0. The lowest BCUT2D eigenvalue weighted by Gasteiger charge is -2.39. The molecule has 0 aliphatic heterocycles. The first-order chi connectivity index (χ1) is 8.65. The standard InChI is InChI=1S/C14H24ClN3/c1-12-3-6-14(11-15,7-4-12)17-8-5-13-16-9-10-18(13)2/h9-10,12,17H,3-8,11H2,1-2H3. The number of nitrogens with zero attached hydrogens (tertiary/aromatic N) is 2. The van der Waals surface area contributed by atoms with Gasteiger partial charge in [-0.15, -0.1) is 11.6 Å². The van der Waals surface area contributed by atoms with Gasteiger partial charge in [-0.3, -0.25) is 0 Å². The number of halogens is 1. The SMILES string of the molecule is CC1CCC(CCl)(NCCc2nccn2C)CC1. The van der Waals surface area contributed by atoms with Crippen LogP contribution in [0.2, 0.25) is 0 Å². The van der Waals surface area contributed by atoms with E-state index in [9.17, 15) is 0 Å². The molecule has 2 rings (SSSR count). The van der Waals surface area contributed by atoms with E-state index in [2.05, 4.69) is 21.8 Å². The Hall–Kier alpha value is -0.540. The maximum Gasteiger partial charge on any atom is 0.109 e. The third kappa shape index (κ3) is 3.27. The predicted octanol–water partition coefficient (Wildman–Crippen LogP) is 2.74. The number of rotatable bonds is 5. The Labute approximate surface area is 115 Å². The Morgan fingerprint density at radius 3 is 2.78 bits per heavy atom. The minimum atomic E-state index is 0.166. The van der Waals surface area contributed by atoms with Crippen LogP contribution >= 0.6 is 11.6 Å². The maximum absolute atomic E-state index is 6.19. The molecule has 0 atom stereocenters. The lowest BCUT2D eigenvalue weighted by molar-refractivity contribution is 0.218. The molecule has 3 nitrogen and oxygen atoms in total. The van der Waals surface area contributed by atoms with Crippen molar-refractivity contribution in [3.8, 4) is 0 Å². The lowest BCUT2D eigenvalue weighted by Crippen LogP contribution is -2.50. The number of hydrogen-bond donors (Lipinski definition) is 1. The third-order valence-corrected chi connectivity index (χ3v) is 4.77. The quantitative estimate of drug-likeness (QED) is 0.833. The van der Waals surface area contributed by atoms with E-state index in [1.54, 1.807) is 0 Å². The highest BCUT2D eigenvalue weighted by Crippen LogP contribution is 2.32. The molecule has 1 heterocycles. The maximum atomic E-state index is 6.19. The summed E-state index contributed by atoms with van der Waals surface area (Å²) in [5.41, 5.74) is 0.166. The van der Waals surface area contributed by atoms with Crippen LogP contribution in [-0.4, -0.2) is 27.5 Å². The van der Waals surface area contributed by atoms with Gasteiger partial charge in [-0.1, -0.05) is 6.92 Å². The summed E-state index contributed by atoms with van der Waals surface area (Å²) < 4.78 is 2.08. The van der Waals surface area contributed by atoms with Crippen LogP contribution < -0.4 is 5.32 Å². The van der Waals surface area contributed by atoms with Gasteiger partial charge in [-0.25, -0.2) is 4.98 Å². The molecule has 0 unspecified atom stereocenters. The van der Waals surface area contributed by atoms with E-state index in [0.29, 0.717) is 0 Å². The van der Waals surface area contributed by atoms with E-state index < -0.39 is 0 Å². The minimum Gasteiger partial charge on any atom is -0.338 e. The van der Waals surface area contributed by atoms with E-state index in [0.717, 1.165) is 30.6 Å². The van der Waals surface area contributed by atoms with Gasteiger partial charge in [0.1, 0.15) is 5.82 Å². The predicted molar refractivity (Wildman–Crippen MR) is 76.0 cm³/mol. The Balaban J connectivity index is 1.82. The van der Waals surface area contributed by atoms with Gasteiger partial charge in [0.05, 0.1) is 0 Å². The number of nitrogens with one attached hydrogen (secondary N) is 1. The second kappa shape index (κ2) is 6.07. The van der Waals surface area contributed by atoms with Crippen molar-refractivity contribution in [1.29, 1.82) is 0 Å². The molecule has 0 spiro atoms. The first-order valence-corrected chi connectivity index (χ1v) is 7.46. The van der Waals surface area contributed by atoms with Crippen LogP contribution in [0.15, 0.2) is 12.4 Å². The molecule has 1 aliphatic rings. The fraction of sp³-hybridized carbons (Fsp3) is 0.786. The molecule has 4 heteroatoms. The molecule has 1 aromatic heterocycles. The van der Waals surface area contributed by atoms with Crippen LogP contribution in [0.3, 0.4) is 0 Å². The van der Waals surface area contributed by atoms with Crippen molar-refractivity contribution in [2.24, 2.45) is 13.0 Å². The van der Waals surface area contributed by atoms with Crippen molar-refractivity contribution in [3.63, 3.8) is 0 Å². The van der Waals surface area contributed by atoms with E-state index >= 15 is 0 Å². The average Bonchev–Trinajstić information content (AvgIpc) is 2.78. The number of aryl methyl sites for hydroxylation is 1. The van der Waals surface area contributed by atoms with E-state index in [1.807, 2.05) is 19.4 Å². The van der Waals surface area contributed by atoms with Gasteiger partial charge >= 0.3 is 0 Å². The average molecular weight is 270 g/mol. The molecule has 1 aliphatic carbocycles. The van der Waals surface area contributed by atoms with Crippen molar-refractivity contribution in [1.82, 2.24) is 14.9 Å². The molecule has 0 amide bonds. The van der Waals surface area contributed by atoms with Gasteiger partial charge in [-0.05, 0) is 31.6 Å². The van der Waals surface area contributed by atoms with Gasteiger partial charge < -0.3 is 9.88 Å². The van der Waals surface area contributed by atoms with Crippen molar-refractivity contribution in [2.45, 2.75) is 44.6 Å². The summed E-state index contributed by atoms with van der Waals surface area (Å²) in [5.74, 6) is 2.72. The van der Waals surface area contributed by atoms with Crippen molar-refractivity contribution in [3.05, 3.63) is 18.2 Å². The van der Waals surface area contributed by atoms with Gasteiger partial charge in [0, 0.05) is 43.8 Å². The largest absolute Gasteiger partial charge is 0.338 e. The molecule has 1 fully saturated rings. The first-order valence-electron chi connectivity index (χ1n) is 6.92. The second-order valence-corrected chi connectivity index (χ2v) is 5.99. The normalized spacial score (nSPS) is 28.5. The Morgan fingerprint density at radius 2 is 2.22 bits per heavy atom. The highest BCUT2D eigenvalue weighted by atomic mass is 35.5. The Bertz CT molecular complexity index is 367. The molecular weight excluding hydrogens is 246 g/mol. The molecule has 0 aromatic carbocycles. The number of imidazole rings is 1. The molecule has 0 saturated heterocycles. The molecule has 102 valence electrons. The first kappa shape index (κ1) is 13.9. The van der Waals surface area contributed by atoms with E-state index in [4.69, 9.17) is 11.6 Å². The molecule has 1 aromatic rings. The number of alkyl halides is 1. The zero-order valence-electron chi connectivity index (χ0n) is 11.5. The minimum absolute atomic E-state index is 0.166. The number of hydrogen-bond acceptors (Lipinski definition) is 2. The summed E-state index contributed by atoms with van der Waals surface area (Å²) in [5, 5.41) is 3.69. The van der Waals surface area contributed by atoms with Gasteiger partial charge in [0.25, 0.3) is 0 Å². The van der Waals surface area contributed by atoms with E-state index in [1.165, 1.54) is 25.7 Å². The molecular formula is C14H24ClN3. The summed E-state index contributed by atoms with van der Waals surface area (Å²) in [6.07, 6.45) is 9.82. The zero-order valence-corrected chi connectivity index (χ0v) is 12.2. The topological polar surface area (TPSA) is 29.9 Å². The van der Waals surface area contributed by atoms with Crippen molar-refractivity contribution >= 4 is 11.6 Å². The van der Waals surface area contributed by atoms with Crippen molar-refractivity contribution in [2.75, 3.05) is 12.4 Å². The molecule has 18 heavy (non-hydrogen) atoms. The molecule has 1 N–H and O–H groups in total. The number of aromatic nitrogens is 2. The van der Waals surface area contributed by atoms with Gasteiger partial charge in [-0.2, -0.15) is 0 Å². The van der Waals surface area contributed by atoms with Crippen LogP contribution in [0, 0.1) is 5.92 Å². The monoisotopic (exact) mass is 269 g/mol. The molecule has 0 bridgehead atoms. The van der Waals surface area contributed by atoms with Gasteiger partial charge in [0.2, 0.25) is 0 Å². The molecule has 1 saturated carbocycles. The molecule has 0 radical (unpaired) electrons. The highest BCUT2D eigenvalue weighted by molar-refractivity contribution is 6.18. The van der Waals surface area contributed by atoms with Crippen LogP contribution in [0.4, 0.5) is 0 Å². The Kier molecular flexibility index (Phi) is 4.68. The second-order valence-electron chi connectivity index (χ2n) is 5.73. The summed E-state index contributed by atoms with van der Waals surface area (Å²) >= 11 is 6.19. The summed E-state index contributed by atoms with van der Waals surface area (Å²) in [6.45, 7) is 3.30. The highest BCUT2D eigenvalue weighted by Gasteiger charge is 2.32. The van der Waals surface area contributed by atoms with Crippen LogP contribution in [0.1, 0.15) is 38.4 Å². The van der Waals surface area contributed by atoms with E-state index in [-0.39, 0.29) is 5.54 Å². The van der Waals surface area contributed by atoms with Crippen LogP contribution in [0.5, 0.6) is 0 Å². The smallest absolute Gasteiger partial charge is 0.109 e. The Morgan fingerprint density at radius 1 is 1.50 bits per heavy atom. The lowest BCUT2D eigenvalue weighted by atomic mass is 9.78. The van der Waals surface area contributed by atoms with Gasteiger partial charge in [0.15, 0.2) is 0 Å². The third-order valence-electron chi connectivity index (χ3n) is 4.26. The van der Waals surface area contributed by atoms with Crippen LogP contribution in [-0.2, 0) is 13.5 Å². The summed E-state index contributed by atoms with van der Waals surface area (Å²) in [4.78, 5) is 4.35. The summed E-state index contributed by atoms with van der Waals surface area (Å²) in [7, 11) is 2.04. The summed E-state index contributed by atoms with van der Waals surface area (Å²) in [6, 6.07) is 0. The fourth-order valence-electron chi connectivity index (χ4n) is 2.75. The van der Waals surface area contributed by atoms with Crippen LogP contribution in [0.25, 0.3) is 0 Å².